The summed E-state index contributed by atoms with van der Waals surface area (Å²) >= 11 is 3.20. The molecular formula is C15H13N3OS2. The van der Waals surface area contributed by atoms with Crippen LogP contribution < -0.4 is 5.32 Å². The Balaban J connectivity index is 1.65. The number of nitrogens with zero attached hydrogens (tertiary/aromatic N) is 2. The first-order chi connectivity index (χ1) is 10.2. The van der Waals surface area contributed by atoms with Crippen molar-refractivity contribution in [1.29, 1.82) is 0 Å². The van der Waals surface area contributed by atoms with Gasteiger partial charge in [0.25, 0.3) is 0 Å². The van der Waals surface area contributed by atoms with Gasteiger partial charge in [0.05, 0.1) is 12.1 Å². The standard InChI is InChI=1S/C15H13N3OS2/c1-10-3-2-4-13(16-10)18-14(19)7-12-9-21-15(17-12)11-5-6-20-8-11/h2-6,8-9H,7H2,1H3,(H,16,18,19). The fraction of sp³-hybridized carbons (Fsp3) is 0.133. The molecule has 0 aliphatic carbocycles. The zero-order chi connectivity index (χ0) is 14.7. The van der Waals surface area contributed by atoms with E-state index in [1.54, 1.807) is 28.7 Å². The highest BCUT2D eigenvalue weighted by Gasteiger charge is 2.10. The summed E-state index contributed by atoms with van der Waals surface area (Å²) in [6, 6.07) is 7.57. The summed E-state index contributed by atoms with van der Waals surface area (Å²) in [5.74, 6) is 0.476. The molecule has 4 nitrogen and oxygen atoms in total. The summed E-state index contributed by atoms with van der Waals surface area (Å²) in [7, 11) is 0. The third-order valence-corrected chi connectivity index (χ3v) is 4.44. The topological polar surface area (TPSA) is 54.9 Å². The van der Waals surface area contributed by atoms with Gasteiger partial charge in [-0.15, -0.1) is 11.3 Å². The molecule has 0 unspecified atom stereocenters. The SMILES string of the molecule is Cc1cccc(NC(=O)Cc2csc(-c3ccsc3)n2)n1. The van der Waals surface area contributed by atoms with E-state index in [0.717, 1.165) is 22.0 Å². The first kappa shape index (κ1) is 13.9. The molecule has 1 N–H and O–H groups in total. The van der Waals surface area contributed by atoms with Crippen LogP contribution in [-0.2, 0) is 11.2 Å². The van der Waals surface area contributed by atoms with E-state index in [-0.39, 0.29) is 12.3 Å². The van der Waals surface area contributed by atoms with Crippen LogP contribution in [0, 0.1) is 6.92 Å². The van der Waals surface area contributed by atoms with E-state index in [1.165, 1.54) is 0 Å². The van der Waals surface area contributed by atoms with Gasteiger partial charge in [0.2, 0.25) is 5.91 Å². The number of thiophene rings is 1. The lowest BCUT2D eigenvalue weighted by Crippen LogP contribution is -2.15. The number of amides is 1. The Labute approximate surface area is 130 Å². The van der Waals surface area contributed by atoms with Gasteiger partial charge in [0, 0.05) is 22.0 Å². The smallest absolute Gasteiger partial charge is 0.231 e. The van der Waals surface area contributed by atoms with Crippen LogP contribution in [0.3, 0.4) is 0 Å². The number of thiazole rings is 1. The van der Waals surface area contributed by atoms with Gasteiger partial charge in [-0.25, -0.2) is 9.97 Å². The normalized spacial score (nSPS) is 10.5. The maximum absolute atomic E-state index is 12.0. The number of hydrogen-bond acceptors (Lipinski definition) is 5. The number of aromatic nitrogens is 2. The molecule has 21 heavy (non-hydrogen) atoms. The first-order valence-corrected chi connectivity index (χ1v) is 8.23. The van der Waals surface area contributed by atoms with Crippen LogP contribution >= 0.6 is 22.7 Å². The molecule has 6 heteroatoms. The Kier molecular flexibility index (Phi) is 4.08. The molecule has 0 radical (unpaired) electrons. The average Bonchev–Trinajstić information content (AvgIpc) is 3.08. The Morgan fingerprint density at radius 3 is 2.90 bits per heavy atom. The van der Waals surface area contributed by atoms with Crippen LogP contribution in [0.1, 0.15) is 11.4 Å². The Hall–Kier alpha value is -2.05. The summed E-state index contributed by atoms with van der Waals surface area (Å²) in [6.45, 7) is 1.89. The quantitative estimate of drug-likeness (QED) is 0.797. The monoisotopic (exact) mass is 315 g/mol. The summed E-state index contributed by atoms with van der Waals surface area (Å²) < 4.78 is 0. The first-order valence-electron chi connectivity index (χ1n) is 6.41. The van der Waals surface area contributed by atoms with Crippen LogP contribution in [-0.4, -0.2) is 15.9 Å². The van der Waals surface area contributed by atoms with Crippen molar-refractivity contribution in [2.45, 2.75) is 13.3 Å². The molecule has 0 aliphatic rings. The van der Waals surface area contributed by atoms with E-state index in [1.807, 2.05) is 35.9 Å². The number of carbonyl (C=O) groups is 1. The van der Waals surface area contributed by atoms with Gasteiger partial charge >= 0.3 is 0 Å². The van der Waals surface area contributed by atoms with Gasteiger partial charge in [0.1, 0.15) is 10.8 Å². The van der Waals surface area contributed by atoms with Gasteiger partial charge in [-0.2, -0.15) is 11.3 Å². The lowest BCUT2D eigenvalue weighted by molar-refractivity contribution is -0.115. The molecule has 1 amide bonds. The predicted molar refractivity (Wildman–Crippen MR) is 86.7 cm³/mol. The number of rotatable bonds is 4. The lowest BCUT2D eigenvalue weighted by Gasteiger charge is -2.03. The Morgan fingerprint density at radius 1 is 1.24 bits per heavy atom. The maximum Gasteiger partial charge on any atom is 0.231 e. The number of anilines is 1. The largest absolute Gasteiger partial charge is 0.310 e. The molecular weight excluding hydrogens is 302 g/mol. The van der Waals surface area contributed by atoms with Crippen molar-refractivity contribution in [1.82, 2.24) is 9.97 Å². The fourth-order valence-electron chi connectivity index (χ4n) is 1.87. The lowest BCUT2D eigenvalue weighted by atomic mass is 10.3. The average molecular weight is 315 g/mol. The molecule has 106 valence electrons. The van der Waals surface area contributed by atoms with Crippen molar-refractivity contribution in [3.05, 3.63) is 51.8 Å². The molecule has 0 aliphatic heterocycles. The highest BCUT2D eigenvalue weighted by Crippen LogP contribution is 2.25. The van der Waals surface area contributed by atoms with Crippen LogP contribution in [0.2, 0.25) is 0 Å². The minimum Gasteiger partial charge on any atom is -0.310 e. The third-order valence-electron chi connectivity index (χ3n) is 2.82. The highest BCUT2D eigenvalue weighted by atomic mass is 32.1. The van der Waals surface area contributed by atoms with E-state index in [2.05, 4.69) is 20.7 Å². The van der Waals surface area contributed by atoms with Gasteiger partial charge in [-0.05, 0) is 30.5 Å². The molecule has 0 saturated heterocycles. The second-order valence-electron chi connectivity index (χ2n) is 4.55. The number of aryl methyl sites for hydroxylation is 1. The van der Waals surface area contributed by atoms with Crippen molar-refractivity contribution < 1.29 is 4.79 Å². The fourth-order valence-corrected chi connectivity index (χ4v) is 3.40. The highest BCUT2D eigenvalue weighted by molar-refractivity contribution is 7.14. The predicted octanol–water partition coefficient (Wildman–Crippen LogP) is 3.76. The van der Waals surface area contributed by atoms with Crippen LogP contribution in [0.25, 0.3) is 10.6 Å². The van der Waals surface area contributed by atoms with Gasteiger partial charge in [-0.3, -0.25) is 4.79 Å². The van der Waals surface area contributed by atoms with Crippen LogP contribution in [0.15, 0.2) is 40.4 Å². The second kappa shape index (κ2) is 6.15. The van der Waals surface area contributed by atoms with Crippen LogP contribution in [0.5, 0.6) is 0 Å². The van der Waals surface area contributed by atoms with E-state index in [4.69, 9.17) is 0 Å². The van der Waals surface area contributed by atoms with E-state index in [0.29, 0.717) is 5.82 Å². The molecule has 0 spiro atoms. The van der Waals surface area contributed by atoms with E-state index < -0.39 is 0 Å². The summed E-state index contributed by atoms with van der Waals surface area (Å²) in [5.41, 5.74) is 2.77. The third kappa shape index (κ3) is 3.53. The molecule has 3 heterocycles. The molecule has 0 atom stereocenters. The number of hydrogen-bond donors (Lipinski definition) is 1. The zero-order valence-corrected chi connectivity index (χ0v) is 13.0. The molecule has 0 saturated carbocycles. The van der Waals surface area contributed by atoms with Crippen LogP contribution in [0.4, 0.5) is 5.82 Å². The van der Waals surface area contributed by atoms with Gasteiger partial charge < -0.3 is 5.32 Å². The zero-order valence-electron chi connectivity index (χ0n) is 11.4. The number of nitrogens with one attached hydrogen (secondary N) is 1. The van der Waals surface area contributed by atoms with E-state index in [9.17, 15) is 4.79 Å². The minimum atomic E-state index is -0.102. The van der Waals surface area contributed by atoms with Crippen molar-refractivity contribution in [3.63, 3.8) is 0 Å². The number of pyridine rings is 1. The summed E-state index contributed by atoms with van der Waals surface area (Å²) in [4.78, 5) is 20.8. The molecule has 0 bridgehead atoms. The minimum absolute atomic E-state index is 0.102. The van der Waals surface area contributed by atoms with E-state index >= 15 is 0 Å². The maximum atomic E-state index is 12.0. The molecule has 3 aromatic rings. The Bertz CT molecular complexity index is 750. The molecule has 3 rings (SSSR count). The van der Waals surface area contributed by atoms with Gasteiger partial charge in [0.15, 0.2) is 0 Å². The van der Waals surface area contributed by atoms with Crippen molar-refractivity contribution in [2.24, 2.45) is 0 Å². The summed E-state index contributed by atoms with van der Waals surface area (Å²) in [5, 5.41) is 9.75. The molecule has 3 aromatic heterocycles. The molecule has 0 fully saturated rings. The molecule has 0 aromatic carbocycles. The Morgan fingerprint density at radius 2 is 2.14 bits per heavy atom. The van der Waals surface area contributed by atoms with Gasteiger partial charge in [-0.1, -0.05) is 6.07 Å². The second-order valence-corrected chi connectivity index (χ2v) is 6.18. The summed E-state index contributed by atoms with van der Waals surface area (Å²) in [6.07, 6.45) is 0.260. The van der Waals surface area contributed by atoms with Crippen molar-refractivity contribution in [2.75, 3.05) is 5.32 Å². The van der Waals surface area contributed by atoms with Crippen molar-refractivity contribution >= 4 is 34.4 Å². The van der Waals surface area contributed by atoms with Crippen molar-refractivity contribution in [3.8, 4) is 10.6 Å². The number of carbonyl (C=O) groups excluding carboxylic acids is 1.